The summed E-state index contributed by atoms with van der Waals surface area (Å²) >= 11 is 0. The van der Waals surface area contributed by atoms with Crippen molar-refractivity contribution in [3.63, 3.8) is 0 Å². The standard InChI is InChI=1S/C24H17F3N2O3/c25-24(26,27)15-5-3-6-16(11-15)28-22-20-9-1-2-10-21(20)29(23(22)30)17-7-4-8-18(12-17)31-13-19-14-32-19/h1-12,19H,13-14H2/t19-/m1/s1. The van der Waals surface area contributed by atoms with Crippen molar-refractivity contribution in [2.75, 3.05) is 18.1 Å². The lowest BCUT2D eigenvalue weighted by molar-refractivity contribution is -0.137. The molecule has 2 aliphatic heterocycles. The quantitative estimate of drug-likeness (QED) is 0.509. The van der Waals surface area contributed by atoms with Crippen LogP contribution in [0.1, 0.15) is 11.1 Å². The molecule has 0 saturated carbocycles. The summed E-state index contributed by atoms with van der Waals surface area (Å²) in [7, 11) is 0. The van der Waals surface area contributed by atoms with Crippen LogP contribution in [0.15, 0.2) is 77.8 Å². The van der Waals surface area contributed by atoms with Crippen molar-refractivity contribution in [3.8, 4) is 5.75 Å². The number of fused-ring (bicyclic) bond motifs is 1. The summed E-state index contributed by atoms with van der Waals surface area (Å²) in [6, 6.07) is 18.7. The third-order valence-corrected chi connectivity index (χ3v) is 5.13. The smallest absolute Gasteiger partial charge is 0.416 e. The van der Waals surface area contributed by atoms with Gasteiger partial charge in [-0.3, -0.25) is 9.69 Å². The molecule has 1 saturated heterocycles. The number of carbonyl (C=O) groups excluding carboxylic acids is 1. The number of epoxide rings is 1. The first-order chi connectivity index (χ1) is 15.4. The number of aliphatic imine (C=N–C) groups is 1. The average molecular weight is 438 g/mol. The van der Waals surface area contributed by atoms with Crippen molar-refractivity contribution >= 4 is 28.7 Å². The normalized spacial score (nSPS) is 18.7. The van der Waals surface area contributed by atoms with E-state index in [0.717, 1.165) is 12.1 Å². The largest absolute Gasteiger partial charge is 0.491 e. The Labute approximate surface area is 181 Å². The van der Waals surface area contributed by atoms with E-state index in [1.807, 2.05) is 0 Å². The number of amides is 1. The second-order valence-electron chi connectivity index (χ2n) is 7.43. The summed E-state index contributed by atoms with van der Waals surface area (Å²) < 4.78 is 50.1. The number of hydrogen-bond donors (Lipinski definition) is 0. The molecule has 1 atom stereocenters. The Morgan fingerprint density at radius 2 is 1.81 bits per heavy atom. The van der Waals surface area contributed by atoms with Crippen LogP contribution in [0, 0.1) is 0 Å². The topological polar surface area (TPSA) is 54.4 Å². The highest BCUT2D eigenvalue weighted by Crippen LogP contribution is 2.38. The van der Waals surface area contributed by atoms with Gasteiger partial charge < -0.3 is 9.47 Å². The number of halogens is 3. The minimum atomic E-state index is -4.49. The molecule has 5 rings (SSSR count). The Hall–Kier alpha value is -3.65. The second kappa shape index (κ2) is 7.80. The van der Waals surface area contributed by atoms with Gasteiger partial charge in [-0.25, -0.2) is 4.99 Å². The first kappa shape index (κ1) is 20.3. The molecule has 3 aromatic carbocycles. The average Bonchev–Trinajstić information content (AvgIpc) is 3.57. The van der Waals surface area contributed by atoms with Crippen LogP contribution in [-0.2, 0) is 15.7 Å². The molecule has 32 heavy (non-hydrogen) atoms. The molecular formula is C24H17F3N2O3. The van der Waals surface area contributed by atoms with Crippen molar-refractivity contribution in [2.45, 2.75) is 12.3 Å². The minimum Gasteiger partial charge on any atom is -0.491 e. The second-order valence-corrected chi connectivity index (χ2v) is 7.43. The Morgan fingerprint density at radius 3 is 2.59 bits per heavy atom. The van der Waals surface area contributed by atoms with Crippen LogP contribution >= 0.6 is 0 Å². The molecule has 0 N–H and O–H groups in total. The van der Waals surface area contributed by atoms with Crippen molar-refractivity contribution in [3.05, 3.63) is 83.9 Å². The maximum absolute atomic E-state index is 13.3. The maximum Gasteiger partial charge on any atom is 0.416 e. The van der Waals surface area contributed by atoms with Gasteiger partial charge in [-0.1, -0.05) is 30.3 Å². The summed E-state index contributed by atoms with van der Waals surface area (Å²) in [4.78, 5) is 19.1. The van der Waals surface area contributed by atoms with Gasteiger partial charge in [-0.2, -0.15) is 13.2 Å². The van der Waals surface area contributed by atoms with Crippen LogP contribution in [0.4, 0.5) is 30.2 Å². The Bertz CT molecular complexity index is 1220. The minimum absolute atomic E-state index is 0.0568. The number of rotatable bonds is 5. The molecule has 8 heteroatoms. The summed E-state index contributed by atoms with van der Waals surface area (Å²) in [5, 5.41) is 0. The van der Waals surface area contributed by atoms with E-state index in [1.54, 1.807) is 48.5 Å². The fourth-order valence-electron chi connectivity index (χ4n) is 3.51. The molecular weight excluding hydrogens is 421 g/mol. The van der Waals surface area contributed by atoms with E-state index in [9.17, 15) is 18.0 Å². The van der Waals surface area contributed by atoms with Gasteiger partial charge in [0.25, 0.3) is 5.91 Å². The van der Waals surface area contributed by atoms with Gasteiger partial charge in [0.15, 0.2) is 0 Å². The number of hydrogen-bond acceptors (Lipinski definition) is 4. The SMILES string of the molecule is O=C1C(=Nc2cccc(C(F)(F)F)c2)c2ccccc2N1c1cccc(OC[C@@H]2CO2)c1. The van der Waals surface area contributed by atoms with Crippen molar-refractivity contribution in [2.24, 2.45) is 4.99 Å². The summed E-state index contributed by atoms with van der Waals surface area (Å²) in [5.41, 5.74) is 1.04. The summed E-state index contributed by atoms with van der Waals surface area (Å²) in [6.07, 6.45) is -4.40. The fourth-order valence-corrected chi connectivity index (χ4v) is 3.51. The number of anilines is 2. The van der Waals surface area contributed by atoms with Crippen LogP contribution in [-0.4, -0.2) is 30.9 Å². The third kappa shape index (κ3) is 3.97. The number of ether oxygens (including phenoxy) is 2. The first-order valence-corrected chi connectivity index (χ1v) is 9.94. The van der Waals surface area contributed by atoms with Gasteiger partial charge in [-0.05, 0) is 36.4 Å². The summed E-state index contributed by atoms with van der Waals surface area (Å²) in [6.45, 7) is 1.10. The number of alkyl halides is 3. The fraction of sp³-hybridized carbons (Fsp3) is 0.167. The molecule has 0 spiro atoms. The zero-order chi connectivity index (χ0) is 22.3. The maximum atomic E-state index is 13.3. The van der Waals surface area contributed by atoms with Crippen LogP contribution < -0.4 is 9.64 Å². The predicted molar refractivity (Wildman–Crippen MR) is 113 cm³/mol. The summed E-state index contributed by atoms with van der Waals surface area (Å²) in [5.74, 6) is 0.165. The van der Waals surface area contributed by atoms with Crippen LogP contribution in [0.2, 0.25) is 0 Å². The predicted octanol–water partition coefficient (Wildman–Crippen LogP) is 5.28. The van der Waals surface area contributed by atoms with Crippen molar-refractivity contribution in [1.82, 2.24) is 0 Å². The van der Waals surface area contributed by atoms with E-state index < -0.39 is 17.6 Å². The highest BCUT2D eigenvalue weighted by molar-refractivity contribution is 6.56. The molecule has 0 aliphatic carbocycles. The Morgan fingerprint density at radius 1 is 1.03 bits per heavy atom. The molecule has 1 fully saturated rings. The molecule has 1 amide bonds. The van der Waals surface area contributed by atoms with Gasteiger partial charge in [0, 0.05) is 11.6 Å². The highest BCUT2D eigenvalue weighted by atomic mass is 19.4. The Kier molecular flexibility index (Phi) is 4.94. The molecule has 0 unspecified atom stereocenters. The third-order valence-electron chi connectivity index (χ3n) is 5.13. The molecule has 2 aliphatic rings. The van der Waals surface area contributed by atoms with Gasteiger partial charge in [0.2, 0.25) is 0 Å². The van der Waals surface area contributed by atoms with E-state index in [0.29, 0.717) is 35.9 Å². The monoisotopic (exact) mass is 438 g/mol. The van der Waals surface area contributed by atoms with E-state index in [2.05, 4.69) is 4.99 Å². The number of carbonyl (C=O) groups is 1. The van der Waals surface area contributed by atoms with E-state index >= 15 is 0 Å². The van der Waals surface area contributed by atoms with Crippen molar-refractivity contribution in [1.29, 1.82) is 0 Å². The number of benzene rings is 3. The number of para-hydroxylation sites is 1. The number of nitrogens with zero attached hydrogens (tertiary/aromatic N) is 2. The van der Waals surface area contributed by atoms with Gasteiger partial charge in [0.1, 0.15) is 24.2 Å². The van der Waals surface area contributed by atoms with E-state index in [1.165, 1.54) is 17.0 Å². The van der Waals surface area contributed by atoms with Gasteiger partial charge in [0.05, 0.1) is 29.2 Å². The van der Waals surface area contributed by atoms with Gasteiger partial charge >= 0.3 is 6.18 Å². The molecule has 162 valence electrons. The molecule has 2 heterocycles. The van der Waals surface area contributed by atoms with Crippen LogP contribution in [0.3, 0.4) is 0 Å². The Balaban J connectivity index is 1.52. The van der Waals surface area contributed by atoms with E-state index in [-0.39, 0.29) is 17.5 Å². The lowest BCUT2D eigenvalue weighted by atomic mass is 10.1. The van der Waals surface area contributed by atoms with E-state index in [4.69, 9.17) is 9.47 Å². The first-order valence-electron chi connectivity index (χ1n) is 9.94. The van der Waals surface area contributed by atoms with Crippen LogP contribution in [0.25, 0.3) is 0 Å². The van der Waals surface area contributed by atoms with Crippen molar-refractivity contribution < 1.29 is 27.4 Å². The zero-order valence-electron chi connectivity index (χ0n) is 16.7. The molecule has 0 bridgehead atoms. The lowest BCUT2D eigenvalue weighted by Crippen LogP contribution is -2.25. The zero-order valence-corrected chi connectivity index (χ0v) is 16.7. The molecule has 0 aromatic heterocycles. The lowest BCUT2D eigenvalue weighted by Gasteiger charge is -2.18. The molecule has 3 aromatic rings. The molecule has 0 radical (unpaired) electrons. The van der Waals surface area contributed by atoms with Crippen LogP contribution in [0.5, 0.6) is 5.75 Å². The molecule has 5 nitrogen and oxygen atoms in total. The van der Waals surface area contributed by atoms with Gasteiger partial charge in [-0.15, -0.1) is 0 Å². The highest BCUT2D eigenvalue weighted by Gasteiger charge is 2.35.